The first-order valence-corrected chi connectivity index (χ1v) is 12.1. The Morgan fingerprint density at radius 3 is 2.14 bits per heavy atom. The molecule has 2 bridgehead atoms. The Morgan fingerprint density at radius 2 is 1.56 bits per heavy atom. The monoisotopic (exact) mass is 486 g/mol. The average Bonchev–Trinajstić information content (AvgIpc) is 3.36. The summed E-state index contributed by atoms with van der Waals surface area (Å²) in [6.45, 7) is 0.203. The van der Waals surface area contributed by atoms with Gasteiger partial charge in [-0.3, -0.25) is 0 Å². The van der Waals surface area contributed by atoms with Crippen molar-refractivity contribution in [3.05, 3.63) is 94.6 Å². The zero-order valence-electron chi connectivity index (χ0n) is 19.5. The lowest BCUT2D eigenvalue weighted by molar-refractivity contribution is -0.0535. The number of carbonyl (C=O) groups is 1. The lowest BCUT2D eigenvalue weighted by atomic mass is 9.78. The van der Waals surface area contributed by atoms with E-state index < -0.39 is 23.3 Å². The van der Waals surface area contributed by atoms with Crippen molar-refractivity contribution in [3.63, 3.8) is 0 Å². The molecule has 0 spiro atoms. The van der Waals surface area contributed by atoms with Gasteiger partial charge in [-0.15, -0.1) is 0 Å². The number of halogens is 2. The fourth-order valence-electron chi connectivity index (χ4n) is 6.44. The molecule has 182 valence electrons. The van der Waals surface area contributed by atoms with Crippen LogP contribution in [-0.4, -0.2) is 34.8 Å². The highest BCUT2D eigenvalue weighted by molar-refractivity contribution is 5.79. The highest BCUT2D eigenvalue weighted by Crippen LogP contribution is 2.48. The van der Waals surface area contributed by atoms with Gasteiger partial charge in [-0.2, -0.15) is 5.26 Å². The molecule has 7 heteroatoms. The topological polar surface area (TPSA) is 73.6 Å². The molecule has 6 rings (SSSR count). The third kappa shape index (κ3) is 3.48. The molecule has 2 heterocycles. The fraction of sp³-hybridized carbons (Fsp3) is 0.310. The molecule has 2 atom stereocenters. The van der Waals surface area contributed by atoms with Crippen LogP contribution in [0.5, 0.6) is 0 Å². The SMILES string of the molecule is N#Cc1cc(F)c(F)cc1C1(O)CC2CCC(C1)N2C(=O)OCC1c2ccccc2-c2ccccc21. The smallest absolute Gasteiger partial charge is 0.410 e. The van der Waals surface area contributed by atoms with Crippen LogP contribution in [0, 0.1) is 23.0 Å². The summed E-state index contributed by atoms with van der Waals surface area (Å²) in [6, 6.07) is 19.2. The lowest BCUT2D eigenvalue weighted by Crippen LogP contribution is -2.52. The number of nitriles is 1. The average molecular weight is 487 g/mol. The van der Waals surface area contributed by atoms with Crippen LogP contribution >= 0.6 is 0 Å². The number of fused-ring (bicyclic) bond motifs is 5. The van der Waals surface area contributed by atoms with Crippen LogP contribution in [0.15, 0.2) is 60.7 Å². The second-order valence-electron chi connectivity index (χ2n) is 9.96. The van der Waals surface area contributed by atoms with E-state index in [4.69, 9.17) is 4.74 Å². The summed E-state index contributed by atoms with van der Waals surface area (Å²) >= 11 is 0. The minimum atomic E-state index is -1.52. The summed E-state index contributed by atoms with van der Waals surface area (Å²) in [6.07, 6.45) is 1.17. The second kappa shape index (κ2) is 8.42. The molecule has 0 radical (unpaired) electrons. The molecule has 0 aromatic heterocycles. The molecule has 2 fully saturated rings. The van der Waals surface area contributed by atoms with Crippen molar-refractivity contribution < 1.29 is 23.4 Å². The summed E-state index contributed by atoms with van der Waals surface area (Å²) in [4.78, 5) is 15.0. The zero-order chi connectivity index (χ0) is 25.0. The van der Waals surface area contributed by atoms with Crippen molar-refractivity contribution in [2.75, 3.05) is 6.61 Å². The number of benzene rings is 3. The highest BCUT2D eigenvalue weighted by atomic mass is 19.2. The molecule has 5 nitrogen and oxygen atoms in total. The van der Waals surface area contributed by atoms with E-state index >= 15 is 0 Å². The summed E-state index contributed by atoms with van der Waals surface area (Å²) in [5.74, 6) is -2.29. The van der Waals surface area contributed by atoms with Gasteiger partial charge >= 0.3 is 6.09 Å². The molecule has 3 aromatic rings. The Hall–Kier alpha value is -3.76. The lowest BCUT2D eigenvalue weighted by Gasteiger charge is -2.43. The molecule has 1 amide bonds. The van der Waals surface area contributed by atoms with Crippen molar-refractivity contribution >= 4 is 6.09 Å². The van der Waals surface area contributed by atoms with E-state index in [9.17, 15) is 23.9 Å². The first kappa shape index (κ1) is 22.7. The largest absolute Gasteiger partial charge is 0.448 e. The Balaban J connectivity index is 1.21. The van der Waals surface area contributed by atoms with Gasteiger partial charge in [0, 0.05) is 36.4 Å². The van der Waals surface area contributed by atoms with Gasteiger partial charge in [0.05, 0.1) is 17.2 Å². The van der Waals surface area contributed by atoms with Crippen LogP contribution in [0.25, 0.3) is 11.1 Å². The molecular formula is C29H24F2N2O3. The van der Waals surface area contributed by atoms with Gasteiger partial charge in [0.2, 0.25) is 0 Å². The van der Waals surface area contributed by atoms with Gasteiger partial charge in [0.25, 0.3) is 0 Å². The molecule has 1 N–H and O–H groups in total. The molecule has 36 heavy (non-hydrogen) atoms. The van der Waals surface area contributed by atoms with Crippen LogP contribution in [0.4, 0.5) is 13.6 Å². The molecule has 2 aliphatic heterocycles. The molecule has 1 aliphatic carbocycles. The Morgan fingerprint density at radius 1 is 1.00 bits per heavy atom. The minimum absolute atomic E-state index is 0.0545. The molecule has 2 saturated heterocycles. The summed E-state index contributed by atoms with van der Waals surface area (Å²) in [5, 5.41) is 20.9. The quantitative estimate of drug-likeness (QED) is 0.523. The molecule has 3 aliphatic rings. The Labute approximate surface area is 207 Å². The van der Waals surface area contributed by atoms with Crippen LogP contribution in [0.2, 0.25) is 0 Å². The van der Waals surface area contributed by atoms with Crippen molar-refractivity contribution in [1.82, 2.24) is 4.90 Å². The summed E-state index contributed by atoms with van der Waals surface area (Å²) < 4.78 is 33.6. The third-order valence-corrected chi connectivity index (χ3v) is 8.00. The van der Waals surface area contributed by atoms with E-state index in [0.717, 1.165) is 34.4 Å². The van der Waals surface area contributed by atoms with E-state index in [1.165, 1.54) is 0 Å². The number of aliphatic hydroxyl groups is 1. The van der Waals surface area contributed by atoms with Crippen molar-refractivity contribution in [2.45, 2.75) is 49.3 Å². The number of piperidine rings is 1. The highest BCUT2D eigenvalue weighted by Gasteiger charge is 2.51. The maximum absolute atomic E-state index is 14.0. The van der Waals surface area contributed by atoms with Gasteiger partial charge in [-0.1, -0.05) is 48.5 Å². The first-order chi connectivity index (χ1) is 17.4. The van der Waals surface area contributed by atoms with Crippen LogP contribution in [0.1, 0.15) is 53.9 Å². The number of rotatable bonds is 3. The van der Waals surface area contributed by atoms with Gasteiger partial charge in [0.15, 0.2) is 11.6 Å². The number of nitrogens with zero attached hydrogens (tertiary/aromatic N) is 2. The number of ether oxygens (including phenoxy) is 1. The predicted molar refractivity (Wildman–Crippen MR) is 128 cm³/mol. The van der Waals surface area contributed by atoms with Crippen molar-refractivity contribution in [3.8, 4) is 17.2 Å². The summed E-state index contributed by atoms with van der Waals surface area (Å²) in [7, 11) is 0. The van der Waals surface area contributed by atoms with E-state index in [0.29, 0.717) is 12.8 Å². The van der Waals surface area contributed by atoms with Crippen LogP contribution < -0.4 is 0 Å². The summed E-state index contributed by atoms with van der Waals surface area (Å²) in [5.41, 5.74) is 3.02. The fourth-order valence-corrected chi connectivity index (χ4v) is 6.44. The molecule has 2 unspecified atom stereocenters. The van der Waals surface area contributed by atoms with Gasteiger partial charge in [0.1, 0.15) is 6.61 Å². The third-order valence-electron chi connectivity index (χ3n) is 8.00. The van der Waals surface area contributed by atoms with Crippen molar-refractivity contribution in [1.29, 1.82) is 5.26 Å². The van der Waals surface area contributed by atoms with Crippen LogP contribution in [0.3, 0.4) is 0 Å². The zero-order valence-corrected chi connectivity index (χ0v) is 19.5. The van der Waals surface area contributed by atoms with Gasteiger partial charge in [-0.25, -0.2) is 13.6 Å². The Bertz CT molecular complexity index is 1360. The number of amides is 1. The number of hydrogen-bond donors (Lipinski definition) is 1. The van der Waals surface area contributed by atoms with E-state index in [-0.39, 0.29) is 48.6 Å². The van der Waals surface area contributed by atoms with Crippen molar-refractivity contribution in [2.24, 2.45) is 0 Å². The number of hydrogen-bond acceptors (Lipinski definition) is 4. The maximum atomic E-state index is 14.0. The second-order valence-corrected chi connectivity index (χ2v) is 9.96. The molecule has 0 saturated carbocycles. The van der Waals surface area contributed by atoms with E-state index in [2.05, 4.69) is 24.3 Å². The molecule has 3 aromatic carbocycles. The molecular weight excluding hydrogens is 462 g/mol. The van der Waals surface area contributed by atoms with E-state index in [1.807, 2.05) is 30.3 Å². The predicted octanol–water partition coefficient (Wildman–Crippen LogP) is 5.60. The van der Waals surface area contributed by atoms with E-state index in [1.54, 1.807) is 4.90 Å². The standard InChI is InChI=1S/C29H24F2N2O3/c30-26-11-17(15-32)25(12-27(26)31)29(35)13-18-9-10-19(14-29)33(18)28(34)36-16-24-22-7-3-1-5-20(22)21-6-2-4-8-23(21)24/h1-8,11-12,18-19,24,35H,9-10,13-14,16H2. The normalized spacial score (nSPS) is 24.2. The Kier molecular flexibility index (Phi) is 5.31. The minimum Gasteiger partial charge on any atom is -0.448 e. The van der Waals surface area contributed by atoms with Gasteiger partial charge < -0.3 is 14.7 Å². The first-order valence-electron chi connectivity index (χ1n) is 12.1. The van der Waals surface area contributed by atoms with Gasteiger partial charge in [-0.05, 0) is 47.2 Å². The van der Waals surface area contributed by atoms with Crippen LogP contribution in [-0.2, 0) is 10.3 Å². The number of carbonyl (C=O) groups excluding carboxylic acids is 1. The maximum Gasteiger partial charge on any atom is 0.410 e.